The van der Waals surface area contributed by atoms with E-state index in [-0.39, 0.29) is 5.91 Å². The van der Waals surface area contributed by atoms with Gasteiger partial charge in [-0.1, -0.05) is 0 Å². The van der Waals surface area contributed by atoms with Crippen LogP contribution < -0.4 is 10.6 Å². The van der Waals surface area contributed by atoms with Gasteiger partial charge in [0.25, 0.3) is 0 Å². The summed E-state index contributed by atoms with van der Waals surface area (Å²) in [7, 11) is 0. The monoisotopic (exact) mass is 321 g/mol. The zero-order valence-electron chi connectivity index (χ0n) is 14.1. The fraction of sp³-hybridized carbons (Fsp3) is 0.733. The Kier molecular flexibility index (Phi) is 6.83. The average molecular weight is 321 g/mol. The number of nitrogens with zero attached hydrogens (tertiary/aromatic N) is 5. The van der Waals surface area contributed by atoms with Crippen molar-refractivity contribution in [3.63, 3.8) is 0 Å². The minimum Gasteiger partial charge on any atom is -0.357 e. The number of carbonyl (C=O) groups excluding carboxylic acids is 1. The molecule has 0 radical (unpaired) electrons. The molecular formula is C15H27N7O. The number of hydrogen-bond donors (Lipinski definition) is 2. The van der Waals surface area contributed by atoms with Gasteiger partial charge in [0.15, 0.2) is 11.8 Å². The molecule has 1 aliphatic heterocycles. The lowest BCUT2D eigenvalue weighted by Crippen LogP contribution is -2.39. The molecule has 0 atom stereocenters. The lowest BCUT2D eigenvalue weighted by molar-refractivity contribution is -0.127. The molecular weight excluding hydrogens is 294 g/mol. The van der Waals surface area contributed by atoms with Crippen molar-refractivity contribution in [2.45, 2.75) is 46.2 Å². The number of likely N-dealkylation sites (tertiary alicyclic amines) is 1. The van der Waals surface area contributed by atoms with Gasteiger partial charge in [0.1, 0.15) is 12.9 Å². The van der Waals surface area contributed by atoms with Crippen molar-refractivity contribution in [2.75, 3.05) is 26.2 Å². The Labute approximate surface area is 137 Å². The molecule has 0 saturated carbocycles. The lowest BCUT2D eigenvalue weighted by Gasteiger charge is -2.16. The van der Waals surface area contributed by atoms with Gasteiger partial charge in [0, 0.05) is 39.1 Å². The van der Waals surface area contributed by atoms with Crippen LogP contribution in [0.5, 0.6) is 0 Å². The minimum atomic E-state index is 0.282. The summed E-state index contributed by atoms with van der Waals surface area (Å²) in [5.74, 6) is 1.91. The summed E-state index contributed by atoms with van der Waals surface area (Å²) in [6.07, 6.45) is 4.34. The molecule has 0 bridgehead atoms. The van der Waals surface area contributed by atoms with Crippen LogP contribution in [0.3, 0.4) is 0 Å². The van der Waals surface area contributed by atoms with E-state index in [1.54, 1.807) is 6.33 Å². The highest BCUT2D eigenvalue weighted by Crippen LogP contribution is 2.09. The van der Waals surface area contributed by atoms with Crippen molar-refractivity contribution >= 4 is 11.9 Å². The van der Waals surface area contributed by atoms with Crippen molar-refractivity contribution in [1.29, 1.82) is 0 Å². The van der Waals surface area contributed by atoms with Crippen LogP contribution in [0.1, 0.15) is 38.9 Å². The molecule has 128 valence electrons. The van der Waals surface area contributed by atoms with Crippen molar-refractivity contribution < 1.29 is 4.79 Å². The van der Waals surface area contributed by atoms with Gasteiger partial charge in [-0.3, -0.25) is 4.79 Å². The van der Waals surface area contributed by atoms with Crippen LogP contribution in [0.4, 0.5) is 0 Å². The number of aliphatic imine (C=N–C) groups is 1. The van der Waals surface area contributed by atoms with Crippen molar-refractivity contribution in [3.05, 3.63) is 12.2 Å². The van der Waals surface area contributed by atoms with Gasteiger partial charge in [-0.05, 0) is 26.7 Å². The number of aromatic nitrogens is 3. The number of hydrogen-bond acceptors (Lipinski definition) is 4. The van der Waals surface area contributed by atoms with Crippen LogP contribution in [0.15, 0.2) is 11.3 Å². The summed E-state index contributed by atoms with van der Waals surface area (Å²) < 4.78 is 1.98. The van der Waals surface area contributed by atoms with Gasteiger partial charge in [-0.2, -0.15) is 0 Å². The first-order valence-electron chi connectivity index (χ1n) is 8.41. The topological polar surface area (TPSA) is 87.4 Å². The standard InChI is InChI=1S/C15H27N7O/c1-3-16-15(18-11-13-20-19-12-21(13)4-2)17-8-6-10-22-9-5-7-14(22)23/h12H,3-11H2,1-2H3,(H2,16,17,18). The molecule has 8 heteroatoms. The quantitative estimate of drug-likeness (QED) is 0.410. The summed E-state index contributed by atoms with van der Waals surface area (Å²) in [6.45, 7) is 8.73. The Bertz CT molecular complexity index is 526. The molecule has 1 saturated heterocycles. The third kappa shape index (κ3) is 5.22. The van der Waals surface area contributed by atoms with E-state index in [4.69, 9.17) is 0 Å². The number of rotatable bonds is 8. The summed E-state index contributed by atoms with van der Waals surface area (Å²) in [5, 5.41) is 14.5. The molecule has 8 nitrogen and oxygen atoms in total. The summed E-state index contributed by atoms with van der Waals surface area (Å²) in [4.78, 5) is 18.0. The normalized spacial score (nSPS) is 15.3. The summed E-state index contributed by atoms with van der Waals surface area (Å²) in [5.41, 5.74) is 0. The predicted octanol–water partition coefficient (Wildman–Crippen LogP) is 0.366. The molecule has 2 rings (SSSR count). The van der Waals surface area contributed by atoms with E-state index < -0.39 is 0 Å². The molecule has 1 aromatic rings. The smallest absolute Gasteiger partial charge is 0.222 e. The van der Waals surface area contributed by atoms with E-state index in [9.17, 15) is 4.79 Å². The maximum atomic E-state index is 11.6. The van der Waals surface area contributed by atoms with Gasteiger partial charge in [-0.25, -0.2) is 4.99 Å². The van der Waals surface area contributed by atoms with E-state index in [2.05, 4.69) is 32.7 Å². The molecule has 23 heavy (non-hydrogen) atoms. The maximum Gasteiger partial charge on any atom is 0.222 e. The molecule has 0 aromatic carbocycles. The Morgan fingerprint density at radius 3 is 2.96 bits per heavy atom. The van der Waals surface area contributed by atoms with Gasteiger partial charge >= 0.3 is 0 Å². The van der Waals surface area contributed by atoms with Gasteiger partial charge in [0.2, 0.25) is 5.91 Å². The number of guanidine groups is 1. The third-order valence-corrected chi connectivity index (χ3v) is 3.83. The Balaban J connectivity index is 1.76. The highest BCUT2D eigenvalue weighted by molar-refractivity contribution is 5.79. The average Bonchev–Trinajstić information content (AvgIpc) is 3.17. The molecule has 1 fully saturated rings. The van der Waals surface area contributed by atoms with E-state index in [0.717, 1.165) is 57.3 Å². The molecule has 1 aliphatic rings. The fourth-order valence-electron chi connectivity index (χ4n) is 2.57. The van der Waals surface area contributed by atoms with E-state index in [1.165, 1.54) is 0 Å². The first-order valence-corrected chi connectivity index (χ1v) is 8.41. The van der Waals surface area contributed by atoms with Crippen LogP contribution in [-0.4, -0.2) is 57.7 Å². The van der Waals surface area contributed by atoms with Crippen molar-refractivity contribution in [3.8, 4) is 0 Å². The Hall–Kier alpha value is -2.12. The highest BCUT2D eigenvalue weighted by atomic mass is 16.2. The number of amides is 1. The number of carbonyl (C=O) groups is 1. The molecule has 0 aliphatic carbocycles. The van der Waals surface area contributed by atoms with Gasteiger partial charge in [0.05, 0.1) is 0 Å². The van der Waals surface area contributed by atoms with E-state index >= 15 is 0 Å². The van der Waals surface area contributed by atoms with Crippen LogP contribution >= 0.6 is 0 Å². The summed E-state index contributed by atoms with van der Waals surface area (Å²) in [6, 6.07) is 0. The van der Waals surface area contributed by atoms with Gasteiger partial charge in [-0.15, -0.1) is 10.2 Å². The second-order valence-electron chi connectivity index (χ2n) is 5.49. The summed E-state index contributed by atoms with van der Waals surface area (Å²) >= 11 is 0. The zero-order valence-corrected chi connectivity index (χ0v) is 14.1. The molecule has 2 N–H and O–H groups in total. The molecule has 1 aromatic heterocycles. The molecule has 0 unspecified atom stereocenters. The van der Waals surface area contributed by atoms with Crippen LogP contribution in [0, 0.1) is 0 Å². The van der Waals surface area contributed by atoms with Crippen LogP contribution in [0.2, 0.25) is 0 Å². The second-order valence-corrected chi connectivity index (χ2v) is 5.49. The van der Waals surface area contributed by atoms with E-state index in [0.29, 0.717) is 13.0 Å². The second kappa shape index (κ2) is 9.12. The first kappa shape index (κ1) is 17.2. The Morgan fingerprint density at radius 2 is 2.26 bits per heavy atom. The van der Waals surface area contributed by atoms with E-state index in [1.807, 2.05) is 16.4 Å². The number of aryl methyl sites for hydroxylation is 1. The largest absolute Gasteiger partial charge is 0.357 e. The minimum absolute atomic E-state index is 0.282. The third-order valence-electron chi connectivity index (χ3n) is 3.83. The lowest BCUT2D eigenvalue weighted by atomic mass is 10.4. The SMILES string of the molecule is CCNC(=NCc1nncn1CC)NCCCN1CCCC1=O. The fourth-order valence-corrected chi connectivity index (χ4v) is 2.57. The maximum absolute atomic E-state index is 11.6. The zero-order chi connectivity index (χ0) is 16.5. The Morgan fingerprint density at radius 1 is 1.39 bits per heavy atom. The first-order chi connectivity index (χ1) is 11.2. The molecule has 2 heterocycles. The van der Waals surface area contributed by atoms with Crippen LogP contribution in [-0.2, 0) is 17.9 Å². The predicted molar refractivity (Wildman–Crippen MR) is 88.9 cm³/mol. The van der Waals surface area contributed by atoms with Crippen molar-refractivity contribution in [2.24, 2.45) is 4.99 Å². The number of nitrogens with one attached hydrogen (secondary N) is 2. The molecule has 0 spiro atoms. The van der Waals surface area contributed by atoms with Gasteiger partial charge < -0.3 is 20.1 Å². The highest BCUT2D eigenvalue weighted by Gasteiger charge is 2.18. The molecule has 1 amide bonds. The van der Waals surface area contributed by atoms with Crippen LogP contribution in [0.25, 0.3) is 0 Å². The van der Waals surface area contributed by atoms with Crippen molar-refractivity contribution in [1.82, 2.24) is 30.3 Å².